The molecule has 1 spiro atoms. The fourth-order valence-electron chi connectivity index (χ4n) is 2.64. The van der Waals surface area contributed by atoms with Crippen molar-refractivity contribution in [1.82, 2.24) is 0 Å². The van der Waals surface area contributed by atoms with E-state index in [0.29, 0.717) is 0 Å². The van der Waals surface area contributed by atoms with Crippen LogP contribution in [0.1, 0.15) is 32.6 Å². The lowest BCUT2D eigenvalue weighted by molar-refractivity contribution is -0.135. The third kappa shape index (κ3) is 2.44. The van der Waals surface area contributed by atoms with Gasteiger partial charge in [-0.2, -0.15) is 11.8 Å². The van der Waals surface area contributed by atoms with Crippen LogP contribution in [0.15, 0.2) is 0 Å². The van der Waals surface area contributed by atoms with Crippen LogP contribution in [0.5, 0.6) is 0 Å². The summed E-state index contributed by atoms with van der Waals surface area (Å²) >= 11 is 1.94. The molecular formula is C12H21NO2S. The van der Waals surface area contributed by atoms with Crippen molar-refractivity contribution in [2.24, 2.45) is 11.7 Å². The van der Waals surface area contributed by atoms with Gasteiger partial charge in [0.2, 0.25) is 0 Å². The Morgan fingerprint density at radius 1 is 1.69 bits per heavy atom. The molecular weight excluding hydrogens is 222 g/mol. The zero-order valence-electron chi connectivity index (χ0n) is 9.91. The third-order valence-corrected chi connectivity index (χ3v) is 4.99. The summed E-state index contributed by atoms with van der Waals surface area (Å²) < 4.78 is 5.91. The van der Waals surface area contributed by atoms with Crippen molar-refractivity contribution in [3.8, 4) is 0 Å². The number of nitrogens with two attached hydrogens (primary N) is 1. The molecule has 2 rings (SSSR count). The van der Waals surface area contributed by atoms with E-state index in [0.717, 1.165) is 38.0 Å². The summed E-state index contributed by atoms with van der Waals surface area (Å²) in [4.78, 5) is 12.1. The minimum Gasteiger partial charge on any atom is -0.374 e. The number of ketones is 1. The predicted octanol–water partition coefficient (Wildman–Crippen LogP) is 1.60. The number of Topliss-reactive ketones (excluding diaryl/α,β-unsaturated/α-hetero) is 1. The molecule has 2 N–H and O–H groups in total. The standard InChI is InChI=1S/C12H21NO2S/c1-2-10(13)11(14)9-3-5-15-12(7-9)4-6-16-8-12/h9-10H,2-8,13H2,1H3. The van der Waals surface area contributed by atoms with Gasteiger partial charge in [-0.3, -0.25) is 4.79 Å². The average Bonchev–Trinajstić information content (AvgIpc) is 2.75. The molecule has 3 unspecified atom stereocenters. The largest absolute Gasteiger partial charge is 0.374 e. The quantitative estimate of drug-likeness (QED) is 0.818. The van der Waals surface area contributed by atoms with Gasteiger partial charge in [0.05, 0.1) is 11.6 Å². The third-order valence-electron chi connectivity index (χ3n) is 3.77. The van der Waals surface area contributed by atoms with Gasteiger partial charge < -0.3 is 10.5 Å². The van der Waals surface area contributed by atoms with Gasteiger partial charge >= 0.3 is 0 Å². The second-order valence-corrected chi connectivity index (χ2v) is 6.05. The molecule has 2 aliphatic heterocycles. The molecule has 0 aliphatic carbocycles. The Morgan fingerprint density at radius 3 is 3.12 bits per heavy atom. The molecule has 2 saturated heterocycles. The van der Waals surface area contributed by atoms with Gasteiger partial charge in [-0.1, -0.05) is 6.92 Å². The predicted molar refractivity (Wildman–Crippen MR) is 66.6 cm³/mol. The van der Waals surface area contributed by atoms with Crippen molar-refractivity contribution in [3.05, 3.63) is 0 Å². The van der Waals surface area contributed by atoms with Crippen molar-refractivity contribution in [2.45, 2.75) is 44.2 Å². The van der Waals surface area contributed by atoms with Crippen LogP contribution < -0.4 is 5.73 Å². The van der Waals surface area contributed by atoms with E-state index >= 15 is 0 Å². The lowest BCUT2D eigenvalue weighted by atomic mass is 9.81. The van der Waals surface area contributed by atoms with E-state index in [9.17, 15) is 4.79 Å². The molecule has 3 nitrogen and oxygen atoms in total. The summed E-state index contributed by atoms with van der Waals surface area (Å²) in [6, 6.07) is -0.269. The SMILES string of the molecule is CCC(N)C(=O)C1CCOC2(CCSC2)C1. The number of thioether (sulfide) groups is 1. The Bertz CT molecular complexity index is 264. The Morgan fingerprint density at radius 2 is 2.50 bits per heavy atom. The average molecular weight is 243 g/mol. The highest BCUT2D eigenvalue weighted by Gasteiger charge is 2.42. The zero-order valence-corrected chi connectivity index (χ0v) is 10.7. The van der Waals surface area contributed by atoms with Crippen LogP contribution in [0.2, 0.25) is 0 Å². The summed E-state index contributed by atoms with van der Waals surface area (Å²) in [6.45, 7) is 2.70. The highest BCUT2D eigenvalue weighted by Crippen LogP contribution is 2.40. The van der Waals surface area contributed by atoms with E-state index in [1.807, 2.05) is 18.7 Å². The number of carbonyl (C=O) groups is 1. The van der Waals surface area contributed by atoms with E-state index in [1.54, 1.807) is 0 Å². The molecule has 0 aromatic carbocycles. The normalized spacial score (nSPS) is 36.5. The molecule has 3 atom stereocenters. The Balaban J connectivity index is 1.98. The fraction of sp³-hybridized carbons (Fsp3) is 0.917. The minimum absolute atomic E-state index is 0.00327. The van der Waals surface area contributed by atoms with Crippen LogP contribution in [0.25, 0.3) is 0 Å². The van der Waals surface area contributed by atoms with E-state index < -0.39 is 0 Å². The number of hydrogen-bond acceptors (Lipinski definition) is 4. The first-order valence-corrected chi connectivity index (χ1v) is 7.33. The monoisotopic (exact) mass is 243 g/mol. The summed E-state index contributed by atoms with van der Waals surface area (Å²) in [5, 5.41) is 0. The Labute approximate surface area is 101 Å². The number of ether oxygens (including phenoxy) is 1. The molecule has 0 aromatic heterocycles. The number of rotatable bonds is 3. The Kier molecular flexibility index (Phi) is 3.93. The van der Waals surface area contributed by atoms with Crippen LogP contribution in [-0.2, 0) is 9.53 Å². The number of hydrogen-bond donors (Lipinski definition) is 1. The van der Waals surface area contributed by atoms with Gasteiger partial charge in [0.25, 0.3) is 0 Å². The maximum absolute atomic E-state index is 12.1. The lowest BCUT2D eigenvalue weighted by Crippen LogP contribution is -2.45. The van der Waals surface area contributed by atoms with Crippen LogP contribution in [0.3, 0.4) is 0 Å². The van der Waals surface area contributed by atoms with Gasteiger partial charge in [-0.05, 0) is 31.4 Å². The molecule has 0 radical (unpaired) electrons. The van der Waals surface area contributed by atoms with Gasteiger partial charge in [-0.25, -0.2) is 0 Å². The molecule has 2 aliphatic rings. The van der Waals surface area contributed by atoms with Gasteiger partial charge in [0.1, 0.15) is 0 Å². The van der Waals surface area contributed by atoms with Crippen LogP contribution in [-0.4, -0.2) is 35.5 Å². The Hall–Kier alpha value is -0.0600. The molecule has 2 heterocycles. The molecule has 0 saturated carbocycles. The number of carbonyl (C=O) groups excluding carboxylic acids is 1. The zero-order chi connectivity index (χ0) is 11.6. The summed E-state index contributed by atoms with van der Waals surface area (Å²) in [7, 11) is 0. The maximum Gasteiger partial charge on any atom is 0.152 e. The van der Waals surface area contributed by atoms with Crippen molar-refractivity contribution >= 4 is 17.5 Å². The van der Waals surface area contributed by atoms with E-state index in [1.165, 1.54) is 5.75 Å². The topological polar surface area (TPSA) is 52.3 Å². The molecule has 0 amide bonds. The summed E-state index contributed by atoms with van der Waals surface area (Å²) in [5.41, 5.74) is 5.84. The van der Waals surface area contributed by atoms with Gasteiger partial charge in [0, 0.05) is 18.3 Å². The van der Waals surface area contributed by atoms with Gasteiger partial charge in [-0.15, -0.1) is 0 Å². The van der Waals surface area contributed by atoms with E-state index in [2.05, 4.69) is 0 Å². The second kappa shape index (κ2) is 5.07. The van der Waals surface area contributed by atoms with Crippen molar-refractivity contribution in [1.29, 1.82) is 0 Å². The van der Waals surface area contributed by atoms with Crippen LogP contribution in [0, 0.1) is 5.92 Å². The summed E-state index contributed by atoms with van der Waals surface area (Å²) in [5.74, 6) is 2.61. The molecule has 4 heteroatoms. The van der Waals surface area contributed by atoms with Crippen molar-refractivity contribution in [2.75, 3.05) is 18.1 Å². The molecule has 92 valence electrons. The highest BCUT2D eigenvalue weighted by molar-refractivity contribution is 7.99. The highest BCUT2D eigenvalue weighted by atomic mass is 32.2. The lowest BCUT2D eigenvalue weighted by Gasteiger charge is -2.37. The first-order valence-electron chi connectivity index (χ1n) is 6.18. The summed E-state index contributed by atoms with van der Waals surface area (Å²) in [6.07, 6.45) is 3.60. The minimum atomic E-state index is -0.269. The van der Waals surface area contributed by atoms with Crippen molar-refractivity contribution in [3.63, 3.8) is 0 Å². The van der Waals surface area contributed by atoms with Crippen LogP contribution >= 0.6 is 11.8 Å². The smallest absolute Gasteiger partial charge is 0.152 e. The van der Waals surface area contributed by atoms with E-state index in [-0.39, 0.29) is 23.3 Å². The first-order chi connectivity index (χ1) is 7.67. The van der Waals surface area contributed by atoms with Gasteiger partial charge in [0.15, 0.2) is 5.78 Å². The fourth-order valence-corrected chi connectivity index (χ4v) is 4.02. The van der Waals surface area contributed by atoms with Crippen molar-refractivity contribution < 1.29 is 9.53 Å². The molecule has 0 bridgehead atoms. The van der Waals surface area contributed by atoms with Crippen LogP contribution in [0.4, 0.5) is 0 Å². The maximum atomic E-state index is 12.1. The molecule has 16 heavy (non-hydrogen) atoms. The molecule has 0 aromatic rings. The first kappa shape index (κ1) is 12.4. The molecule has 2 fully saturated rings. The second-order valence-electron chi connectivity index (χ2n) is 4.94. The van der Waals surface area contributed by atoms with E-state index in [4.69, 9.17) is 10.5 Å².